The molecule has 0 aromatic heterocycles. The second-order valence-electron chi connectivity index (χ2n) is 7.03. The van der Waals surface area contributed by atoms with Gasteiger partial charge >= 0.3 is 0 Å². The summed E-state index contributed by atoms with van der Waals surface area (Å²) >= 11 is 0. The number of amides is 2. The van der Waals surface area contributed by atoms with E-state index in [2.05, 4.69) is 34.9 Å². The molecule has 0 aliphatic rings. The Morgan fingerprint density at radius 2 is 1.27 bits per heavy atom. The van der Waals surface area contributed by atoms with Crippen molar-refractivity contribution < 1.29 is 14.3 Å². The third-order valence-corrected chi connectivity index (χ3v) is 4.77. The Kier molecular flexibility index (Phi) is 7.61. The van der Waals surface area contributed by atoms with Crippen LogP contribution >= 0.6 is 0 Å². The van der Waals surface area contributed by atoms with Gasteiger partial charge in [-0.25, -0.2) is 0 Å². The number of benzene rings is 3. The summed E-state index contributed by atoms with van der Waals surface area (Å²) in [6, 6.07) is 29.1. The highest BCUT2D eigenvalue weighted by molar-refractivity contribution is 5.85. The average Bonchev–Trinajstić information content (AvgIpc) is 2.78. The van der Waals surface area contributed by atoms with Crippen LogP contribution in [0, 0.1) is 0 Å². The molecule has 2 N–H and O–H groups in total. The summed E-state index contributed by atoms with van der Waals surface area (Å²) in [6.45, 7) is 1.74. The summed E-state index contributed by atoms with van der Waals surface area (Å²) < 4.78 is 5.39. The molecule has 0 radical (unpaired) electrons. The number of rotatable bonds is 9. The van der Waals surface area contributed by atoms with Gasteiger partial charge in [-0.3, -0.25) is 9.59 Å². The van der Waals surface area contributed by atoms with Crippen LogP contribution < -0.4 is 15.4 Å². The van der Waals surface area contributed by atoms with Gasteiger partial charge in [-0.15, -0.1) is 0 Å². The lowest BCUT2D eigenvalue weighted by molar-refractivity contribution is -0.127. The first-order chi connectivity index (χ1) is 14.6. The van der Waals surface area contributed by atoms with Crippen LogP contribution in [0.25, 0.3) is 0 Å². The quantitative estimate of drug-likeness (QED) is 0.576. The van der Waals surface area contributed by atoms with Crippen molar-refractivity contribution in [3.63, 3.8) is 0 Å². The fraction of sp³-hybridized carbons (Fsp3) is 0.200. The van der Waals surface area contributed by atoms with Crippen LogP contribution in [0.5, 0.6) is 5.75 Å². The number of carbonyl (C=O) groups excluding carboxylic acids is 2. The van der Waals surface area contributed by atoms with Crippen LogP contribution in [0.2, 0.25) is 0 Å². The van der Waals surface area contributed by atoms with E-state index in [1.807, 2.05) is 61.5 Å². The minimum Gasteiger partial charge on any atom is -0.484 e. The molecule has 1 atom stereocenters. The molecule has 154 valence electrons. The largest absolute Gasteiger partial charge is 0.484 e. The van der Waals surface area contributed by atoms with Crippen molar-refractivity contribution in [3.8, 4) is 5.75 Å². The van der Waals surface area contributed by atoms with Crippen LogP contribution in [0.4, 0.5) is 0 Å². The Morgan fingerprint density at radius 3 is 1.80 bits per heavy atom. The van der Waals surface area contributed by atoms with Gasteiger partial charge in [0.2, 0.25) is 5.91 Å². The van der Waals surface area contributed by atoms with Crippen molar-refractivity contribution in [3.05, 3.63) is 102 Å². The molecule has 30 heavy (non-hydrogen) atoms. The lowest BCUT2D eigenvalue weighted by Crippen LogP contribution is -2.44. The molecule has 0 spiro atoms. The van der Waals surface area contributed by atoms with Crippen molar-refractivity contribution in [2.75, 3.05) is 13.2 Å². The third kappa shape index (κ3) is 6.21. The molecule has 0 heterocycles. The lowest BCUT2D eigenvalue weighted by atomic mass is 9.86. The van der Waals surface area contributed by atoms with Crippen LogP contribution in [0.1, 0.15) is 24.0 Å². The lowest BCUT2D eigenvalue weighted by Gasteiger charge is -2.26. The molecule has 0 fully saturated rings. The summed E-state index contributed by atoms with van der Waals surface area (Å²) in [4.78, 5) is 24.4. The molecule has 0 bridgehead atoms. The normalized spacial score (nSPS) is 11.5. The number of ether oxygens (including phenoxy) is 1. The predicted molar refractivity (Wildman–Crippen MR) is 117 cm³/mol. The van der Waals surface area contributed by atoms with E-state index in [-0.39, 0.29) is 36.9 Å². The molecular weight excluding hydrogens is 376 g/mol. The topological polar surface area (TPSA) is 67.4 Å². The minimum atomic E-state index is -0.343. The van der Waals surface area contributed by atoms with Crippen LogP contribution in [-0.2, 0) is 9.59 Å². The number of para-hydroxylation sites is 1. The smallest absolute Gasteiger partial charge is 0.258 e. The third-order valence-electron chi connectivity index (χ3n) is 4.77. The Labute approximate surface area is 177 Å². The van der Waals surface area contributed by atoms with E-state index in [9.17, 15) is 9.59 Å². The molecule has 5 nitrogen and oxygen atoms in total. The van der Waals surface area contributed by atoms with Gasteiger partial charge in [-0.2, -0.15) is 0 Å². The first-order valence-corrected chi connectivity index (χ1v) is 9.97. The zero-order valence-corrected chi connectivity index (χ0v) is 17.0. The predicted octanol–water partition coefficient (Wildman–Crippen LogP) is 3.52. The Morgan fingerprint density at radius 1 is 0.767 bits per heavy atom. The van der Waals surface area contributed by atoms with Gasteiger partial charge in [0, 0.05) is 12.0 Å². The number of nitrogens with one attached hydrogen (secondary N) is 2. The second-order valence-corrected chi connectivity index (χ2v) is 7.03. The maximum absolute atomic E-state index is 12.4. The van der Waals surface area contributed by atoms with Crippen molar-refractivity contribution in [2.24, 2.45) is 0 Å². The fourth-order valence-corrected chi connectivity index (χ4v) is 3.37. The summed E-state index contributed by atoms with van der Waals surface area (Å²) in [5.74, 6) is 0.0319. The van der Waals surface area contributed by atoms with E-state index in [1.54, 1.807) is 12.1 Å². The average molecular weight is 402 g/mol. The Hall–Kier alpha value is -3.60. The van der Waals surface area contributed by atoms with Crippen LogP contribution in [-0.4, -0.2) is 31.0 Å². The number of carbonyl (C=O) groups is 2. The second kappa shape index (κ2) is 10.8. The highest BCUT2D eigenvalue weighted by atomic mass is 16.5. The van der Waals surface area contributed by atoms with E-state index in [0.717, 1.165) is 11.1 Å². The van der Waals surface area contributed by atoms with Gasteiger partial charge in [0.1, 0.15) is 5.75 Å². The van der Waals surface area contributed by atoms with Gasteiger partial charge < -0.3 is 15.4 Å². The maximum Gasteiger partial charge on any atom is 0.258 e. The maximum atomic E-state index is 12.4. The highest BCUT2D eigenvalue weighted by Gasteiger charge is 2.22. The van der Waals surface area contributed by atoms with Gasteiger partial charge in [0.05, 0.1) is 6.54 Å². The summed E-state index contributed by atoms with van der Waals surface area (Å²) in [5, 5.41) is 5.61. The van der Waals surface area contributed by atoms with E-state index in [4.69, 9.17) is 4.74 Å². The molecule has 2 amide bonds. The first kappa shape index (κ1) is 21.1. The highest BCUT2D eigenvalue weighted by Crippen LogP contribution is 2.27. The zero-order chi connectivity index (χ0) is 21.2. The molecule has 3 aromatic carbocycles. The number of hydrogen-bond acceptors (Lipinski definition) is 3. The zero-order valence-electron chi connectivity index (χ0n) is 17.0. The first-order valence-electron chi connectivity index (χ1n) is 9.97. The summed E-state index contributed by atoms with van der Waals surface area (Å²) in [7, 11) is 0. The van der Waals surface area contributed by atoms with Gasteiger partial charge in [0.25, 0.3) is 5.91 Å². The Balaban J connectivity index is 1.54. The molecule has 3 aromatic rings. The van der Waals surface area contributed by atoms with Crippen molar-refractivity contribution in [2.45, 2.75) is 18.9 Å². The molecule has 5 heteroatoms. The van der Waals surface area contributed by atoms with E-state index < -0.39 is 0 Å². The molecule has 3 rings (SSSR count). The number of hydrogen-bond donors (Lipinski definition) is 2. The van der Waals surface area contributed by atoms with E-state index in [0.29, 0.717) is 5.75 Å². The van der Waals surface area contributed by atoms with Crippen LogP contribution in [0.15, 0.2) is 91.0 Å². The van der Waals surface area contributed by atoms with Crippen molar-refractivity contribution in [1.29, 1.82) is 0 Å². The van der Waals surface area contributed by atoms with Crippen LogP contribution in [0.3, 0.4) is 0 Å². The molecule has 0 aliphatic carbocycles. The molecular formula is C25H26N2O3. The molecule has 0 aliphatic heterocycles. The Bertz CT molecular complexity index is 891. The fourth-order valence-electron chi connectivity index (χ4n) is 3.37. The summed E-state index contributed by atoms with van der Waals surface area (Å²) in [6.07, 6.45) is 0. The van der Waals surface area contributed by atoms with Crippen molar-refractivity contribution in [1.82, 2.24) is 10.6 Å². The van der Waals surface area contributed by atoms with E-state index >= 15 is 0 Å². The van der Waals surface area contributed by atoms with Gasteiger partial charge in [-0.05, 0) is 30.2 Å². The summed E-state index contributed by atoms with van der Waals surface area (Å²) in [5.41, 5.74) is 2.24. The van der Waals surface area contributed by atoms with Gasteiger partial charge in [-0.1, -0.05) is 78.9 Å². The van der Waals surface area contributed by atoms with E-state index in [1.165, 1.54) is 0 Å². The minimum absolute atomic E-state index is 0.00784. The standard InChI is InChI=1S/C25H26N2O3/c1-19(25(20-11-5-2-6-12-20)21-13-7-3-8-14-21)27-23(28)17-26-24(29)18-30-22-15-9-4-10-16-22/h2-16,19,25H,17-18H2,1H3,(H,26,29)(H,27,28)/t19-/m1/s1. The molecule has 0 unspecified atom stereocenters. The van der Waals surface area contributed by atoms with Crippen molar-refractivity contribution >= 4 is 11.8 Å². The monoisotopic (exact) mass is 402 g/mol. The molecule has 0 saturated heterocycles. The van der Waals surface area contributed by atoms with Gasteiger partial charge in [0.15, 0.2) is 6.61 Å². The SMILES string of the molecule is C[C@@H](NC(=O)CNC(=O)COc1ccccc1)C(c1ccccc1)c1ccccc1. The molecule has 0 saturated carbocycles.